The first-order valence-electron chi connectivity index (χ1n) is 7.06. The van der Waals surface area contributed by atoms with Crippen molar-refractivity contribution in [3.63, 3.8) is 0 Å². The van der Waals surface area contributed by atoms with E-state index in [1.807, 2.05) is 13.8 Å². The minimum atomic E-state index is -0.0671. The predicted molar refractivity (Wildman–Crippen MR) is 86.0 cm³/mol. The second-order valence-corrected chi connectivity index (χ2v) is 5.35. The van der Waals surface area contributed by atoms with Crippen molar-refractivity contribution in [3.8, 4) is 22.7 Å². The highest BCUT2D eigenvalue weighted by Crippen LogP contribution is 2.33. The standard InChI is InChI=1S/C16H17N5O2/c1-8-14(16(17)18)15(13-9(2)20-23-10(13)3)21(19-8)11-4-6-12(22)7-5-11/h4-7,22H,1-3H3,(H3,17,18). The van der Waals surface area contributed by atoms with Crippen LogP contribution in [0, 0.1) is 26.2 Å². The van der Waals surface area contributed by atoms with Crippen molar-refractivity contribution in [1.82, 2.24) is 14.9 Å². The summed E-state index contributed by atoms with van der Waals surface area (Å²) in [6, 6.07) is 6.65. The average molecular weight is 311 g/mol. The van der Waals surface area contributed by atoms with Gasteiger partial charge in [-0.25, -0.2) is 4.68 Å². The lowest BCUT2D eigenvalue weighted by atomic mass is 10.0. The Morgan fingerprint density at radius 1 is 1.17 bits per heavy atom. The number of phenols is 1. The fraction of sp³-hybridized carbons (Fsp3) is 0.188. The third kappa shape index (κ3) is 2.36. The smallest absolute Gasteiger partial charge is 0.143 e. The number of hydrogen-bond donors (Lipinski definition) is 3. The van der Waals surface area contributed by atoms with E-state index in [4.69, 9.17) is 15.7 Å². The van der Waals surface area contributed by atoms with E-state index in [0.717, 1.165) is 11.3 Å². The maximum Gasteiger partial charge on any atom is 0.143 e. The lowest BCUT2D eigenvalue weighted by Gasteiger charge is -2.09. The molecule has 3 rings (SSSR count). The predicted octanol–water partition coefficient (Wildman–Crippen LogP) is 2.44. The first-order chi connectivity index (χ1) is 10.9. The minimum Gasteiger partial charge on any atom is -0.508 e. The topological polar surface area (TPSA) is 114 Å². The largest absolute Gasteiger partial charge is 0.508 e. The van der Waals surface area contributed by atoms with Crippen LogP contribution in [0.1, 0.15) is 22.7 Å². The Morgan fingerprint density at radius 3 is 2.35 bits per heavy atom. The molecule has 0 unspecified atom stereocenters. The summed E-state index contributed by atoms with van der Waals surface area (Å²) in [6.07, 6.45) is 0. The van der Waals surface area contributed by atoms with Crippen molar-refractivity contribution >= 4 is 5.84 Å². The molecule has 0 atom stereocenters. The van der Waals surface area contributed by atoms with E-state index >= 15 is 0 Å². The Morgan fingerprint density at radius 2 is 1.83 bits per heavy atom. The van der Waals surface area contributed by atoms with E-state index < -0.39 is 0 Å². The second-order valence-electron chi connectivity index (χ2n) is 5.35. The minimum absolute atomic E-state index is 0.0671. The molecule has 0 fully saturated rings. The molecule has 0 aliphatic carbocycles. The fourth-order valence-corrected chi connectivity index (χ4v) is 2.68. The first kappa shape index (κ1) is 14.8. The van der Waals surface area contributed by atoms with E-state index in [1.165, 1.54) is 0 Å². The maximum atomic E-state index is 9.48. The van der Waals surface area contributed by atoms with Crippen molar-refractivity contribution in [2.24, 2.45) is 5.73 Å². The van der Waals surface area contributed by atoms with Crippen molar-refractivity contribution in [1.29, 1.82) is 5.41 Å². The number of phenolic OH excluding ortho intramolecular Hbond substituents is 1. The van der Waals surface area contributed by atoms with Gasteiger partial charge in [0, 0.05) is 0 Å². The first-order valence-corrected chi connectivity index (χ1v) is 7.06. The summed E-state index contributed by atoms with van der Waals surface area (Å²) in [5, 5.41) is 25.9. The van der Waals surface area contributed by atoms with Gasteiger partial charge in [0.1, 0.15) is 17.3 Å². The zero-order valence-corrected chi connectivity index (χ0v) is 13.1. The number of benzene rings is 1. The van der Waals surface area contributed by atoms with Crippen LogP contribution < -0.4 is 5.73 Å². The third-order valence-corrected chi connectivity index (χ3v) is 3.69. The van der Waals surface area contributed by atoms with Gasteiger partial charge in [-0.3, -0.25) is 5.41 Å². The number of aromatic hydroxyl groups is 1. The molecule has 1 aromatic carbocycles. The molecule has 0 amide bonds. The Hall–Kier alpha value is -3.09. The van der Waals surface area contributed by atoms with Crippen LogP contribution in [-0.2, 0) is 0 Å². The van der Waals surface area contributed by atoms with Gasteiger partial charge in [0.15, 0.2) is 0 Å². The molecule has 23 heavy (non-hydrogen) atoms. The molecule has 2 aromatic heterocycles. The summed E-state index contributed by atoms with van der Waals surface area (Å²) >= 11 is 0. The van der Waals surface area contributed by atoms with E-state index in [9.17, 15) is 5.11 Å². The lowest BCUT2D eigenvalue weighted by molar-refractivity contribution is 0.393. The number of amidine groups is 1. The number of nitrogens with one attached hydrogen (secondary N) is 1. The fourth-order valence-electron chi connectivity index (χ4n) is 2.68. The van der Waals surface area contributed by atoms with Gasteiger partial charge in [0.2, 0.25) is 0 Å². The molecule has 0 bridgehead atoms. The van der Waals surface area contributed by atoms with Gasteiger partial charge in [-0.1, -0.05) is 5.16 Å². The Labute approximate surface area is 132 Å². The van der Waals surface area contributed by atoms with Gasteiger partial charge >= 0.3 is 0 Å². The van der Waals surface area contributed by atoms with Gasteiger partial charge in [0.05, 0.1) is 33.9 Å². The number of aryl methyl sites for hydroxylation is 3. The molecule has 7 nitrogen and oxygen atoms in total. The molecule has 4 N–H and O–H groups in total. The SMILES string of the molecule is Cc1nn(-c2ccc(O)cc2)c(-c2c(C)noc2C)c1C(=N)N. The quantitative estimate of drug-likeness (QED) is 0.508. The van der Waals surface area contributed by atoms with Crippen LogP contribution in [-0.4, -0.2) is 25.9 Å². The van der Waals surface area contributed by atoms with Gasteiger partial charge in [-0.15, -0.1) is 0 Å². The van der Waals surface area contributed by atoms with Crippen LogP contribution in [0.2, 0.25) is 0 Å². The molecule has 0 saturated carbocycles. The molecular formula is C16H17N5O2. The summed E-state index contributed by atoms with van der Waals surface area (Å²) in [6.45, 7) is 5.44. The summed E-state index contributed by atoms with van der Waals surface area (Å²) in [5.41, 5.74) is 9.84. The molecule has 3 aromatic rings. The average Bonchev–Trinajstić information content (AvgIpc) is 2.99. The molecule has 7 heteroatoms. The van der Waals surface area contributed by atoms with Gasteiger partial charge < -0.3 is 15.4 Å². The highest BCUT2D eigenvalue weighted by molar-refractivity contribution is 6.02. The van der Waals surface area contributed by atoms with Crippen molar-refractivity contribution in [3.05, 3.63) is 47.0 Å². The van der Waals surface area contributed by atoms with Crippen LogP contribution in [0.4, 0.5) is 0 Å². The lowest BCUT2D eigenvalue weighted by Crippen LogP contribution is -2.13. The molecule has 0 saturated heterocycles. The summed E-state index contributed by atoms with van der Waals surface area (Å²) in [7, 11) is 0. The third-order valence-electron chi connectivity index (χ3n) is 3.69. The Bertz CT molecular complexity index is 871. The van der Waals surface area contributed by atoms with Crippen molar-refractivity contribution < 1.29 is 9.63 Å². The zero-order valence-electron chi connectivity index (χ0n) is 13.1. The molecular weight excluding hydrogens is 294 g/mol. The van der Waals surface area contributed by atoms with Crippen LogP contribution >= 0.6 is 0 Å². The monoisotopic (exact) mass is 311 g/mol. The summed E-state index contributed by atoms with van der Waals surface area (Å²) in [5.74, 6) is 0.732. The molecule has 0 aliphatic heterocycles. The Kier molecular flexibility index (Phi) is 3.40. The van der Waals surface area contributed by atoms with Gasteiger partial charge in [0.25, 0.3) is 0 Å². The molecule has 0 radical (unpaired) electrons. The second kappa shape index (κ2) is 5.28. The highest BCUT2D eigenvalue weighted by Gasteiger charge is 2.25. The number of nitrogen functional groups attached to an aromatic ring is 1. The normalized spacial score (nSPS) is 10.9. The summed E-state index contributed by atoms with van der Waals surface area (Å²) < 4.78 is 6.95. The van der Waals surface area contributed by atoms with E-state index in [2.05, 4.69) is 10.3 Å². The van der Waals surface area contributed by atoms with Crippen LogP contribution in [0.15, 0.2) is 28.8 Å². The van der Waals surface area contributed by atoms with Crippen LogP contribution in [0.3, 0.4) is 0 Å². The van der Waals surface area contributed by atoms with Gasteiger partial charge in [-0.2, -0.15) is 5.10 Å². The highest BCUT2D eigenvalue weighted by atomic mass is 16.5. The molecule has 0 spiro atoms. The Balaban J connectivity index is 2.36. The molecule has 0 aliphatic rings. The number of nitrogens with zero attached hydrogens (tertiary/aromatic N) is 3. The number of aromatic nitrogens is 3. The van der Waals surface area contributed by atoms with E-state index in [-0.39, 0.29) is 11.6 Å². The molecule has 118 valence electrons. The zero-order chi connectivity index (χ0) is 16.7. The number of nitrogens with two attached hydrogens (primary N) is 1. The summed E-state index contributed by atoms with van der Waals surface area (Å²) in [4.78, 5) is 0. The maximum absolute atomic E-state index is 9.48. The molecule has 2 heterocycles. The van der Waals surface area contributed by atoms with E-state index in [0.29, 0.717) is 28.4 Å². The van der Waals surface area contributed by atoms with Crippen molar-refractivity contribution in [2.75, 3.05) is 0 Å². The number of rotatable bonds is 3. The van der Waals surface area contributed by atoms with E-state index in [1.54, 1.807) is 35.9 Å². The van der Waals surface area contributed by atoms with Gasteiger partial charge in [-0.05, 0) is 45.0 Å². The van der Waals surface area contributed by atoms with Crippen molar-refractivity contribution in [2.45, 2.75) is 20.8 Å². The number of hydrogen-bond acceptors (Lipinski definition) is 5. The van der Waals surface area contributed by atoms with Crippen LogP contribution in [0.5, 0.6) is 5.75 Å². The van der Waals surface area contributed by atoms with Crippen LogP contribution in [0.25, 0.3) is 16.9 Å².